The average Bonchev–Trinajstić information content (AvgIpc) is 2.54. The normalized spacial score (nSPS) is 53.4. The summed E-state index contributed by atoms with van der Waals surface area (Å²) in [7, 11) is 0. The fourth-order valence-corrected chi connectivity index (χ4v) is 2.61. The molecule has 0 aromatic heterocycles. The van der Waals surface area contributed by atoms with Crippen molar-refractivity contribution in [2.75, 3.05) is 0 Å². The van der Waals surface area contributed by atoms with E-state index in [1.807, 2.05) is 0 Å². The van der Waals surface area contributed by atoms with Crippen LogP contribution in [0.25, 0.3) is 0 Å². The van der Waals surface area contributed by atoms with E-state index >= 15 is 0 Å². The topological polar surface area (TPSA) is 37.3 Å². The van der Waals surface area contributed by atoms with Gasteiger partial charge in [0.25, 0.3) is 0 Å². The number of alkyl halides is 1. The number of hydrogen-bond acceptors (Lipinski definition) is 1. The Hall–Kier alpha value is -0.0500. The third kappa shape index (κ3) is 0.584. The lowest BCUT2D eigenvalue weighted by molar-refractivity contribution is -0.138. The number of carboxylic acids is 1. The summed E-state index contributed by atoms with van der Waals surface area (Å²) in [5.74, 6) is -0.640. The molecule has 0 aliphatic heterocycles. The zero-order valence-corrected chi connectivity index (χ0v) is 6.39. The smallest absolute Gasteiger partial charge is 0.307 e. The third-order valence-electron chi connectivity index (χ3n) is 2.44. The first kappa shape index (κ1) is 5.71. The SMILES string of the molecule is O=C(O)[C@H]1C[C@@]12C[C@@H]2Br. The van der Waals surface area contributed by atoms with E-state index < -0.39 is 5.97 Å². The van der Waals surface area contributed by atoms with Gasteiger partial charge in [-0.1, -0.05) is 15.9 Å². The number of aliphatic carboxylic acids is 1. The zero-order chi connectivity index (χ0) is 6.65. The van der Waals surface area contributed by atoms with Crippen LogP contribution in [0.15, 0.2) is 0 Å². The Morgan fingerprint density at radius 3 is 2.33 bits per heavy atom. The lowest BCUT2D eigenvalue weighted by atomic mass is 10.3. The molecule has 0 bridgehead atoms. The van der Waals surface area contributed by atoms with Gasteiger partial charge in [-0.15, -0.1) is 0 Å². The van der Waals surface area contributed by atoms with Crippen molar-refractivity contribution >= 4 is 21.9 Å². The highest BCUT2D eigenvalue weighted by Crippen LogP contribution is 2.73. The van der Waals surface area contributed by atoms with E-state index in [4.69, 9.17) is 5.11 Å². The summed E-state index contributed by atoms with van der Waals surface area (Å²) in [6, 6.07) is 0. The van der Waals surface area contributed by atoms with E-state index in [2.05, 4.69) is 15.9 Å². The van der Waals surface area contributed by atoms with Crippen molar-refractivity contribution in [1.29, 1.82) is 0 Å². The monoisotopic (exact) mass is 190 g/mol. The van der Waals surface area contributed by atoms with Gasteiger partial charge in [0, 0.05) is 4.83 Å². The van der Waals surface area contributed by atoms with Crippen molar-refractivity contribution in [3.8, 4) is 0 Å². The average molecular weight is 191 g/mol. The summed E-state index contributed by atoms with van der Waals surface area (Å²) in [4.78, 5) is 10.8. The highest BCUT2D eigenvalue weighted by Gasteiger charge is 2.72. The van der Waals surface area contributed by atoms with Crippen molar-refractivity contribution < 1.29 is 9.90 Å². The summed E-state index contributed by atoms with van der Waals surface area (Å²) in [6.45, 7) is 0. The highest BCUT2D eigenvalue weighted by atomic mass is 79.9. The number of carbonyl (C=O) groups is 1. The van der Waals surface area contributed by atoms with Gasteiger partial charge < -0.3 is 5.11 Å². The summed E-state index contributed by atoms with van der Waals surface area (Å²) in [6.07, 6.45) is 1.97. The molecule has 3 atom stereocenters. The largest absolute Gasteiger partial charge is 0.481 e. The lowest BCUT2D eigenvalue weighted by Gasteiger charge is -1.84. The maximum absolute atomic E-state index is 10.3. The molecule has 2 fully saturated rings. The van der Waals surface area contributed by atoms with Crippen LogP contribution in [0.5, 0.6) is 0 Å². The zero-order valence-electron chi connectivity index (χ0n) is 4.80. The number of halogens is 1. The molecule has 0 aromatic carbocycles. The fourth-order valence-electron chi connectivity index (χ4n) is 1.50. The van der Waals surface area contributed by atoms with Crippen LogP contribution in [-0.4, -0.2) is 15.9 Å². The van der Waals surface area contributed by atoms with Gasteiger partial charge in [0.1, 0.15) is 0 Å². The van der Waals surface area contributed by atoms with E-state index in [0.717, 1.165) is 12.8 Å². The first-order chi connectivity index (χ1) is 4.17. The van der Waals surface area contributed by atoms with Gasteiger partial charge in [-0.25, -0.2) is 0 Å². The number of carboxylic acid groups (broad SMARTS) is 1. The van der Waals surface area contributed by atoms with E-state index in [1.54, 1.807) is 0 Å². The Bertz CT molecular complexity index is 180. The third-order valence-corrected chi connectivity index (χ3v) is 3.67. The minimum Gasteiger partial charge on any atom is -0.481 e. The molecule has 0 heterocycles. The van der Waals surface area contributed by atoms with Gasteiger partial charge in [-0.05, 0) is 18.3 Å². The van der Waals surface area contributed by atoms with Crippen molar-refractivity contribution in [2.45, 2.75) is 17.7 Å². The molecule has 2 aliphatic carbocycles. The maximum Gasteiger partial charge on any atom is 0.307 e. The quantitative estimate of drug-likeness (QED) is 0.633. The van der Waals surface area contributed by atoms with Gasteiger partial charge in [-0.2, -0.15) is 0 Å². The second-order valence-corrected chi connectivity index (χ2v) is 4.11. The molecule has 2 saturated carbocycles. The Kier molecular flexibility index (Phi) is 0.849. The van der Waals surface area contributed by atoms with E-state index in [-0.39, 0.29) is 11.3 Å². The fraction of sp³-hybridized carbons (Fsp3) is 0.833. The van der Waals surface area contributed by atoms with E-state index in [1.165, 1.54) is 0 Å². The van der Waals surface area contributed by atoms with Crippen LogP contribution < -0.4 is 0 Å². The molecule has 1 N–H and O–H groups in total. The summed E-state index contributed by atoms with van der Waals surface area (Å²) < 4.78 is 0. The predicted molar refractivity (Wildman–Crippen MR) is 35.5 cm³/mol. The van der Waals surface area contributed by atoms with Crippen molar-refractivity contribution in [3.05, 3.63) is 0 Å². The van der Waals surface area contributed by atoms with Crippen LogP contribution in [0.3, 0.4) is 0 Å². The summed E-state index contributed by atoms with van der Waals surface area (Å²) in [5.41, 5.74) is 0.214. The first-order valence-electron chi connectivity index (χ1n) is 3.04. The minimum absolute atomic E-state index is 0.0260. The molecule has 0 amide bonds. The number of rotatable bonds is 1. The standard InChI is InChI=1S/C6H7BrO2/c7-4-2-6(4)1-3(6)5(8)9/h3-4H,1-2H2,(H,8,9)/t3-,4+,6-/m1/s1. The van der Waals surface area contributed by atoms with Gasteiger partial charge in [0.2, 0.25) is 0 Å². The van der Waals surface area contributed by atoms with Crippen molar-refractivity contribution in [2.24, 2.45) is 11.3 Å². The summed E-state index contributed by atoms with van der Waals surface area (Å²) in [5, 5.41) is 8.53. The predicted octanol–water partition coefficient (Wildman–Crippen LogP) is 1.24. The molecule has 2 aliphatic rings. The lowest BCUT2D eigenvalue weighted by Crippen LogP contribution is -2.00. The molecule has 0 aromatic rings. The molecular weight excluding hydrogens is 184 g/mol. The number of hydrogen-bond donors (Lipinski definition) is 1. The molecule has 1 spiro atoms. The summed E-state index contributed by atoms with van der Waals surface area (Å²) >= 11 is 3.41. The van der Waals surface area contributed by atoms with Crippen LogP contribution in [0, 0.1) is 11.3 Å². The van der Waals surface area contributed by atoms with Crippen molar-refractivity contribution in [1.82, 2.24) is 0 Å². The van der Waals surface area contributed by atoms with Crippen LogP contribution in [0.4, 0.5) is 0 Å². The van der Waals surface area contributed by atoms with E-state index in [9.17, 15) is 4.79 Å². The first-order valence-corrected chi connectivity index (χ1v) is 3.95. The molecule has 0 radical (unpaired) electrons. The Balaban J connectivity index is 2.04. The van der Waals surface area contributed by atoms with E-state index in [0.29, 0.717) is 4.83 Å². The second-order valence-electron chi connectivity index (χ2n) is 3.00. The maximum atomic E-state index is 10.3. The Morgan fingerprint density at radius 1 is 1.67 bits per heavy atom. The molecule has 9 heavy (non-hydrogen) atoms. The van der Waals surface area contributed by atoms with Crippen LogP contribution in [-0.2, 0) is 4.79 Å². The molecule has 0 unspecified atom stereocenters. The van der Waals surface area contributed by atoms with Crippen LogP contribution >= 0.6 is 15.9 Å². The van der Waals surface area contributed by atoms with Crippen LogP contribution in [0.2, 0.25) is 0 Å². The molecule has 3 heteroatoms. The highest BCUT2D eigenvalue weighted by molar-refractivity contribution is 9.09. The molecule has 0 saturated heterocycles. The molecule has 2 nitrogen and oxygen atoms in total. The Morgan fingerprint density at radius 2 is 2.22 bits per heavy atom. The molecule has 2 rings (SSSR count). The van der Waals surface area contributed by atoms with Gasteiger partial charge in [-0.3, -0.25) is 4.79 Å². The minimum atomic E-state index is -0.614. The van der Waals surface area contributed by atoms with Crippen LogP contribution in [0.1, 0.15) is 12.8 Å². The Labute approximate surface area is 61.4 Å². The molecule has 50 valence electrons. The van der Waals surface area contributed by atoms with Crippen molar-refractivity contribution in [3.63, 3.8) is 0 Å². The molecular formula is C6H7BrO2. The van der Waals surface area contributed by atoms with Gasteiger partial charge >= 0.3 is 5.97 Å². The second kappa shape index (κ2) is 1.34. The van der Waals surface area contributed by atoms with Gasteiger partial charge in [0.15, 0.2) is 0 Å². The van der Waals surface area contributed by atoms with Gasteiger partial charge in [0.05, 0.1) is 5.92 Å².